The number of fused-ring (bicyclic) bond motifs is 1. The Kier molecular flexibility index (Phi) is 14.7. The summed E-state index contributed by atoms with van der Waals surface area (Å²) in [6, 6.07) is 27.1. The predicted octanol–water partition coefficient (Wildman–Crippen LogP) is 6.11. The van der Waals surface area contributed by atoms with E-state index in [2.05, 4.69) is 26.3 Å². The molecule has 0 saturated carbocycles. The van der Waals surface area contributed by atoms with Crippen LogP contribution in [0.3, 0.4) is 0 Å². The second kappa shape index (κ2) is 20.0. The van der Waals surface area contributed by atoms with Gasteiger partial charge in [0.25, 0.3) is 0 Å². The molecule has 3 atom stereocenters. The Bertz CT molecular complexity index is 2240. The maximum absolute atomic E-state index is 13.6. The summed E-state index contributed by atoms with van der Waals surface area (Å²) in [4.78, 5) is 67.9. The van der Waals surface area contributed by atoms with Gasteiger partial charge in [0.1, 0.15) is 42.7 Å². The molecule has 4 amide bonds. The summed E-state index contributed by atoms with van der Waals surface area (Å²) in [6.07, 6.45) is 0.440. The van der Waals surface area contributed by atoms with Crippen molar-refractivity contribution in [1.82, 2.24) is 26.3 Å². The van der Waals surface area contributed by atoms with Gasteiger partial charge in [-0.1, -0.05) is 84.9 Å². The number of hydrogen-bond donors (Lipinski definition) is 5. The molecular weight excluding hydrogens is 755 g/mol. The van der Waals surface area contributed by atoms with Gasteiger partial charge in [0.15, 0.2) is 0 Å². The quantitative estimate of drug-likeness (QED) is 0.0580. The average Bonchev–Trinajstić information content (AvgIpc) is 3.64. The number of H-pyrrole nitrogens is 1. The van der Waals surface area contributed by atoms with Crippen LogP contribution < -0.4 is 26.0 Å². The van der Waals surface area contributed by atoms with Crippen LogP contribution in [-0.2, 0) is 54.6 Å². The van der Waals surface area contributed by atoms with Crippen LogP contribution >= 0.6 is 0 Å². The lowest BCUT2D eigenvalue weighted by Gasteiger charge is -2.24. The van der Waals surface area contributed by atoms with Gasteiger partial charge in [-0.3, -0.25) is 9.59 Å². The second-order valence-corrected chi connectivity index (χ2v) is 14.9. The molecule has 0 saturated heterocycles. The van der Waals surface area contributed by atoms with E-state index in [-0.39, 0.29) is 26.1 Å². The molecule has 0 radical (unpaired) electrons. The number of amides is 4. The molecular formula is C45H51N5O9. The number of alkyl carbamates (subject to hydrolysis) is 2. The van der Waals surface area contributed by atoms with Gasteiger partial charge in [-0.05, 0) is 62.1 Å². The van der Waals surface area contributed by atoms with E-state index in [1.165, 1.54) is 21.1 Å². The van der Waals surface area contributed by atoms with Gasteiger partial charge in [0.2, 0.25) is 11.8 Å². The second-order valence-electron chi connectivity index (χ2n) is 14.9. The van der Waals surface area contributed by atoms with Gasteiger partial charge >= 0.3 is 18.2 Å². The summed E-state index contributed by atoms with van der Waals surface area (Å²) in [7, 11) is 2.72. The monoisotopic (exact) mass is 805 g/mol. The number of aromatic amines is 1. The molecule has 310 valence electrons. The summed E-state index contributed by atoms with van der Waals surface area (Å²) in [5.74, 6) is -1.10. The molecule has 59 heavy (non-hydrogen) atoms. The lowest BCUT2D eigenvalue weighted by molar-refractivity contribution is -0.144. The third-order valence-corrected chi connectivity index (χ3v) is 9.23. The molecule has 0 aliphatic rings. The van der Waals surface area contributed by atoms with Crippen molar-refractivity contribution in [2.45, 2.75) is 77.5 Å². The zero-order valence-electron chi connectivity index (χ0n) is 34.0. The Morgan fingerprint density at radius 3 is 1.98 bits per heavy atom. The Morgan fingerprint density at radius 1 is 0.695 bits per heavy atom. The normalized spacial score (nSPS) is 12.6. The summed E-state index contributed by atoms with van der Waals surface area (Å²) in [5.41, 5.74) is 4.54. The van der Waals surface area contributed by atoms with Crippen LogP contribution in [-0.4, -0.2) is 72.8 Å². The summed E-state index contributed by atoms with van der Waals surface area (Å²) < 4.78 is 22.1. The molecule has 1 heterocycles. The lowest BCUT2D eigenvalue weighted by Crippen LogP contribution is -2.52. The summed E-state index contributed by atoms with van der Waals surface area (Å²) >= 11 is 0. The average molecular weight is 806 g/mol. The predicted molar refractivity (Wildman–Crippen MR) is 222 cm³/mol. The van der Waals surface area contributed by atoms with Crippen LogP contribution in [0.25, 0.3) is 22.0 Å². The van der Waals surface area contributed by atoms with Gasteiger partial charge in [-0.25, -0.2) is 14.4 Å². The number of likely N-dealkylation sites (N-methyl/N-ethyl adjacent to an activating group) is 1. The topological polar surface area (TPSA) is 186 Å². The highest BCUT2D eigenvalue weighted by Crippen LogP contribution is 2.37. The van der Waals surface area contributed by atoms with Gasteiger partial charge in [0, 0.05) is 42.6 Å². The maximum atomic E-state index is 13.6. The molecule has 5 rings (SSSR count). The number of esters is 1. The number of aromatic nitrogens is 1. The molecule has 0 aliphatic heterocycles. The SMILES string of the molecule is CNC(=O)[C@H](Cc1c[nH]c2c(-c3cc(C[C@H](NC(=O)OC(C)(C)C)C(=O)N[C@@H](C)C(=O)OC)ccc3OCc3ccccc3)cccc12)NC(=O)OCc1ccccc1. The minimum Gasteiger partial charge on any atom is -0.488 e. The smallest absolute Gasteiger partial charge is 0.408 e. The Morgan fingerprint density at radius 2 is 1.34 bits per heavy atom. The molecule has 0 bridgehead atoms. The lowest BCUT2D eigenvalue weighted by atomic mass is 9.95. The zero-order chi connectivity index (χ0) is 42.5. The van der Waals surface area contributed by atoms with E-state index >= 15 is 0 Å². The number of carbonyl (C=O) groups excluding carboxylic acids is 5. The number of benzene rings is 4. The van der Waals surface area contributed by atoms with Crippen molar-refractivity contribution in [2.24, 2.45) is 0 Å². The number of methoxy groups -OCH3 is 1. The molecule has 0 spiro atoms. The summed E-state index contributed by atoms with van der Waals surface area (Å²) in [5, 5.41) is 11.4. The number of carbonyl (C=O) groups is 5. The van der Waals surface area contributed by atoms with E-state index in [1.807, 2.05) is 91.0 Å². The first-order valence-electron chi connectivity index (χ1n) is 19.2. The molecule has 14 heteroatoms. The van der Waals surface area contributed by atoms with Crippen LogP contribution in [0.1, 0.15) is 49.9 Å². The van der Waals surface area contributed by atoms with Crippen molar-refractivity contribution in [3.05, 3.63) is 126 Å². The highest BCUT2D eigenvalue weighted by atomic mass is 16.6. The van der Waals surface area contributed by atoms with E-state index in [0.29, 0.717) is 16.9 Å². The van der Waals surface area contributed by atoms with E-state index < -0.39 is 53.7 Å². The van der Waals surface area contributed by atoms with Crippen LogP contribution in [0.2, 0.25) is 0 Å². The van der Waals surface area contributed by atoms with Gasteiger partial charge in [-0.2, -0.15) is 0 Å². The standard InChI is InChI=1S/C45H51N5O9/c1-28(42(53)56-6)48-41(52)36(50-44(55)59-45(2,3)4)23-31-20-21-38(57-26-29-14-9-7-10-15-29)35(22-31)34-19-13-18-33-32(25-47-39(33)34)24-37(40(51)46-5)49-43(54)58-27-30-16-11-8-12-17-30/h7-22,25,28,36-37,47H,23-24,26-27H2,1-6H3,(H,46,51)(H,48,52)(H,49,54)(H,50,55)/t28-,36-,37-/m0/s1. The van der Waals surface area contributed by atoms with Crippen molar-refractivity contribution in [1.29, 1.82) is 0 Å². The third kappa shape index (κ3) is 12.3. The minimum atomic E-state index is -1.14. The molecule has 14 nitrogen and oxygen atoms in total. The first kappa shape index (κ1) is 43.3. The van der Waals surface area contributed by atoms with Gasteiger partial charge < -0.3 is 45.2 Å². The molecule has 0 unspecified atom stereocenters. The molecule has 0 fully saturated rings. The number of hydrogen-bond acceptors (Lipinski definition) is 9. The fourth-order valence-corrected chi connectivity index (χ4v) is 6.34. The first-order valence-corrected chi connectivity index (χ1v) is 19.2. The Hall–Kier alpha value is -6.83. The number of para-hydroxylation sites is 1. The van der Waals surface area contributed by atoms with Crippen LogP contribution in [0, 0.1) is 0 Å². The van der Waals surface area contributed by atoms with Crippen molar-refractivity contribution in [3.63, 3.8) is 0 Å². The van der Waals surface area contributed by atoms with Crippen molar-refractivity contribution >= 4 is 40.9 Å². The Labute approximate surface area is 343 Å². The van der Waals surface area contributed by atoms with Crippen LogP contribution in [0.5, 0.6) is 5.75 Å². The van der Waals surface area contributed by atoms with Gasteiger partial charge in [-0.15, -0.1) is 0 Å². The van der Waals surface area contributed by atoms with E-state index in [0.717, 1.165) is 33.2 Å². The molecule has 5 aromatic rings. The van der Waals surface area contributed by atoms with E-state index in [4.69, 9.17) is 18.9 Å². The Balaban J connectivity index is 1.48. The molecule has 0 aliphatic carbocycles. The highest BCUT2D eigenvalue weighted by Gasteiger charge is 2.28. The van der Waals surface area contributed by atoms with Crippen molar-refractivity contribution in [3.8, 4) is 16.9 Å². The van der Waals surface area contributed by atoms with Crippen LogP contribution in [0.15, 0.2) is 103 Å². The number of rotatable bonds is 16. The highest BCUT2D eigenvalue weighted by molar-refractivity contribution is 5.98. The van der Waals surface area contributed by atoms with E-state index in [1.54, 1.807) is 33.0 Å². The minimum absolute atomic E-state index is 0.0245. The maximum Gasteiger partial charge on any atom is 0.408 e. The fourth-order valence-electron chi connectivity index (χ4n) is 6.34. The van der Waals surface area contributed by atoms with Gasteiger partial charge in [0.05, 0.1) is 12.6 Å². The largest absolute Gasteiger partial charge is 0.488 e. The molecule has 1 aromatic heterocycles. The first-order chi connectivity index (χ1) is 28.2. The molecule has 5 N–H and O–H groups in total. The van der Waals surface area contributed by atoms with Crippen LogP contribution in [0.4, 0.5) is 9.59 Å². The van der Waals surface area contributed by atoms with E-state index in [9.17, 15) is 24.0 Å². The summed E-state index contributed by atoms with van der Waals surface area (Å²) in [6.45, 7) is 6.95. The zero-order valence-corrected chi connectivity index (χ0v) is 34.0. The number of nitrogens with one attached hydrogen (secondary N) is 5. The fraction of sp³-hybridized carbons (Fsp3) is 0.311. The molecule has 4 aromatic carbocycles. The number of ether oxygens (including phenoxy) is 4. The third-order valence-electron chi connectivity index (χ3n) is 9.23. The van der Waals surface area contributed by atoms with Crippen molar-refractivity contribution in [2.75, 3.05) is 14.2 Å². The van der Waals surface area contributed by atoms with Crippen molar-refractivity contribution < 1.29 is 42.9 Å².